The molecule has 104 valence electrons. The van der Waals surface area contributed by atoms with Crippen LogP contribution < -0.4 is 4.74 Å². The fourth-order valence-corrected chi connectivity index (χ4v) is 3.05. The quantitative estimate of drug-likeness (QED) is 0.911. The van der Waals surface area contributed by atoms with Crippen LogP contribution in [0.1, 0.15) is 43.2 Å². The van der Waals surface area contributed by atoms with Gasteiger partial charge < -0.3 is 9.84 Å². The Balaban J connectivity index is 2.51. The normalized spacial score (nSPS) is 18.1. The van der Waals surface area contributed by atoms with E-state index in [2.05, 4.69) is 0 Å². The van der Waals surface area contributed by atoms with E-state index >= 15 is 0 Å². The van der Waals surface area contributed by atoms with Crippen molar-refractivity contribution >= 4 is 5.97 Å². The Kier molecular flexibility index (Phi) is 3.78. The second-order valence-corrected chi connectivity index (χ2v) is 5.26. The molecule has 1 aromatic rings. The lowest BCUT2D eigenvalue weighted by Crippen LogP contribution is -2.38. The van der Waals surface area contributed by atoms with Crippen molar-refractivity contribution in [3.05, 3.63) is 29.1 Å². The Morgan fingerprint density at radius 1 is 1.32 bits per heavy atom. The van der Waals surface area contributed by atoms with Crippen molar-refractivity contribution in [1.82, 2.24) is 0 Å². The average molecular weight is 266 g/mol. The molecule has 0 aliphatic heterocycles. The molecule has 0 amide bonds. The maximum absolute atomic E-state index is 14.0. The van der Waals surface area contributed by atoms with E-state index in [0.717, 1.165) is 19.3 Å². The van der Waals surface area contributed by atoms with Crippen molar-refractivity contribution in [3.63, 3.8) is 0 Å². The predicted molar refractivity (Wildman–Crippen MR) is 70.1 cm³/mol. The lowest BCUT2D eigenvalue weighted by atomic mass is 9.69. The number of hydrogen-bond donors (Lipinski definition) is 1. The fourth-order valence-electron chi connectivity index (χ4n) is 3.05. The van der Waals surface area contributed by atoms with Crippen LogP contribution in [0.25, 0.3) is 0 Å². The van der Waals surface area contributed by atoms with Gasteiger partial charge in [0, 0.05) is 0 Å². The number of aliphatic carboxylic acids is 1. The van der Waals surface area contributed by atoms with Gasteiger partial charge in [0.25, 0.3) is 0 Å². The highest BCUT2D eigenvalue weighted by Gasteiger charge is 2.41. The highest BCUT2D eigenvalue weighted by molar-refractivity contribution is 5.81. The van der Waals surface area contributed by atoms with E-state index in [1.807, 2.05) is 0 Å². The first-order valence-electron chi connectivity index (χ1n) is 6.59. The van der Waals surface area contributed by atoms with Crippen molar-refractivity contribution < 1.29 is 19.0 Å². The zero-order chi connectivity index (χ0) is 14.0. The van der Waals surface area contributed by atoms with E-state index in [0.29, 0.717) is 24.0 Å². The number of carboxylic acid groups (broad SMARTS) is 1. The van der Waals surface area contributed by atoms with E-state index in [1.54, 1.807) is 13.0 Å². The van der Waals surface area contributed by atoms with Crippen LogP contribution in [0.5, 0.6) is 5.75 Å². The Bertz CT molecular complexity index is 467. The fraction of sp³-hybridized carbons (Fsp3) is 0.533. The number of methoxy groups -OCH3 is 1. The van der Waals surface area contributed by atoms with E-state index in [-0.39, 0.29) is 5.75 Å². The first kappa shape index (κ1) is 13.8. The van der Waals surface area contributed by atoms with Crippen molar-refractivity contribution in [2.24, 2.45) is 0 Å². The highest BCUT2D eigenvalue weighted by Crippen LogP contribution is 2.41. The van der Waals surface area contributed by atoms with Gasteiger partial charge in [0.15, 0.2) is 11.6 Å². The van der Waals surface area contributed by atoms with E-state index in [1.165, 1.54) is 13.2 Å². The lowest BCUT2D eigenvalue weighted by Gasteiger charge is -2.34. The third-order valence-electron chi connectivity index (χ3n) is 4.10. The molecule has 0 atom stereocenters. The zero-order valence-electron chi connectivity index (χ0n) is 11.3. The molecule has 1 fully saturated rings. The second-order valence-electron chi connectivity index (χ2n) is 5.26. The summed E-state index contributed by atoms with van der Waals surface area (Å²) >= 11 is 0. The molecular weight excluding hydrogens is 247 g/mol. The summed E-state index contributed by atoms with van der Waals surface area (Å²) in [7, 11) is 1.42. The molecule has 0 bridgehead atoms. The number of carboxylic acids is 1. The minimum Gasteiger partial charge on any atom is -0.493 e. The molecule has 0 saturated heterocycles. The molecule has 0 aromatic heterocycles. The monoisotopic (exact) mass is 266 g/mol. The zero-order valence-corrected chi connectivity index (χ0v) is 11.3. The SMILES string of the molecule is COc1c(C)cc(C2(C(=O)O)CCCCC2)cc1F. The highest BCUT2D eigenvalue weighted by atomic mass is 19.1. The number of benzene rings is 1. The van der Waals surface area contributed by atoms with Gasteiger partial charge in [0.05, 0.1) is 12.5 Å². The maximum atomic E-state index is 14.0. The molecule has 1 aliphatic rings. The third-order valence-corrected chi connectivity index (χ3v) is 4.10. The van der Waals surface area contributed by atoms with Gasteiger partial charge in [0.2, 0.25) is 0 Å². The summed E-state index contributed by atoms with van der Waals surface area (Å²) in [5.74, 6) is -1.14. The van der Waals surface area contributed by atoms with E-state index in [9.17, 15) is 14.3 Å². The molecule has 1 N–H and O–H groups in total. The summed E-state index contributed by atoms with van der Waals surface area (Å²) in [6.45, 7) is 1.74. The standard InChI is InChI=1S/C15H19FO3/c1-10-8-11(9-12(16)13(10)19-2)15(14(17)18)6-4-3-5-7-15/h8-9H,3-7H2,1-2H3,(H,17,18). The second kappa shape index (κ2) is 5.19. The van der Waals surface area contributed by atoms with Gasteiger partial charge in [-0.3, -0.25) is 4.79 Å². The molecule has 0 unspecified atom stereocenters. The van der Waals surface area contributed by atoms with E-state index < -0.39 is 17.2 Å². The van der Waals surface area contributed by atoms with Gasteiger partial charge in [-0.1, -0.05) is 25.3 Å². The molecule has 3 nitrogen and oxygen atoms in total. The molecule has 1 aromatic carbocycles. The van der Waals surface area contributed by atoms with Crippen LogP contribution in [0.4, 0.5) is 4.39 Å². The molecule has 19 heavy (non-hydrogen) atoms. The van der Waals surface area contributed by atoms with Gasteiger partial charge in [-0.25, -0.2) is 4.39 Å². The van der Waals surface area contributed by atoms with Crippen LogP contribution in [0.15, 0.2) is 12.1 Å². The number of rotatable bonds is 3. The van der Waals surface area contributed by atoms with Gasteiger partial charge in [-0.15, -0.1) is 0 Å². The van der Waals surface area contributed by atoms with Gasteiger partial charge in [0.1, 0.15) is 0 Å². The summed E-state index contributed by atoms with van der Waals surface area (Å²) in [6, 6.07) is 3.08. The van der Waals surface area contributed by atoms with Crippen LogP contribution in [-0.4, -0.2) is 18.2 Å². The lowest BCUT2D eigenvalue weighted by molar-refractivity contribution is -0.145. The molecule has 0 radical (unpaired) electrons. The van der Waals surface area contributed by atoms with Crippen LogP contribution >= 0.6 is 0 Å². The number of aryl methyl sites for hydroxylation is 1. The first-order valence-corrected chi connectivity index (χ1v) is 6.59. The Morgan fingerprint density at radius 3 is 2.42 bits per heavy atom. The average Bonchev–Trinajstić information content (AvgIpc) is 2.39. The Morgan fingerprint density at radius 2 is 1.95 bits per heavy atom. The number of carbonyl (C=O) groups is 1. The van der Waals surface area contributed by atoms with Crippen molar-refractivity contribution in [1.29, 1.82) is 0 Å². The molecule has 0 heterocycles. The van der Waals surface area contributed by atoms with Crippen molar-refractivity contribution in [3.8, 4) is 5.75 Å². The van der Waals surface area contributed by atoms with Crippen molar-refractivity contribution in [2.75, 3.05) is 7.11 Å². The van der Waals surface area contributed by atoms with E-state index in [4.69, 9.17) is 4.74 Å². The van der Waals surface area contributed by atoms with Crippen molar-refractivity contribution in [2.45, 2.75) is 44.4 Å². The predicted octanol–water partition coefficient (Wildman–Crippen LogP) is 3.43. The minimum absolute atomic E-state index is 0.195. The molecular formula is C15H19FO3. The van der Waals surface area contributed by atoms with Crippen LogP contribution in [-0.2, 0) is 10.2 Å². The maximum Gasteiger partial charge on any atom is 0.314 e. The van der Waals surface area contributed by atoms with Gasteiger partial charge in [-0.2, -0.15) is 0 Å². The molecule has 0 spiro atoms. The van der Waals surface area contributed by atoms with Gasteiger partial charge in [-0.05, 0) is 37.0 Å². The summed E-state index contributed by atoms with van der Waals surface area (Å²) in [4.78, 5) is 11.7. The topological polar surface area (TPSA) is 46.5 Å². The molecule has 4 heteroatoms. The molecule has 1 saturated carbocycles. The summed E-state index contributed by atoms with van der Waals surface area (Å²) in [5.41, 5.74) is 0.273. The van der Waals surface area contributed by atoms with Crippen LogP contribution in [0.3, 0.4) is 0 Å². The Labute approximate surface area is 112 Å². The minimum atomic E-state index is -0.934. The first-order chi connectivity index (χ1) is 9.01. The Hall–Kier alpha value is -1.58. The summed E-state index contributed by atoms with van der Waals surface area (Å²) < 4.78 is 19.0. The summed E-state index contributed by atoms with van der Waals surface area (Å²) in [6.07, 6.45) is 3.95. The largest absolute Gasteiger partial charge is 0.493 e. The molecule has 2 rings (SSSR count). The number of hydrogen-bond acceptors (Lipinski definition) is 2. The molecule has 1 aliphatic carbocycles. The third kappa shape index (κ3) is 2.31. The van der Waals surface area contributed by atoms with Gasteiger partial charge >= 0.3 is 5.97 Å². The van der Waals surface area contributed by atoms with Crippen LogP contribution in [0.2, 0.25) is 0 Å². The van der Waals surface area contributed by atoms with Crippen LogP contribution in [0, 0.1) is 12.7 Å². The number of halogens is 1. The smallest absolute Gasteiger partial charge is 0.314 e. The summed E-state index contributed by atoms with van der Waals surface area (Å²) in [5, 5.41) is 9.60. The number of ether oxygens (including phenoxy) is 1.